The highest BCUT2D eigenvalue weighted by Gasteiger charge is 2.59. The highest BCUT2D eigenvalue weighted by atomic mass is 19.1. The Morgan fingerprint density at radius 2 is 2.17 bits per heavy atom. The maximum absolute atomic E-state index is 13.9. The molecule has 2 aromatic rings. The summed E-state index contributed by atoms with van der Waals surface area (Å²) < 4.78 is 24.8. The van der Waals surface area contributed by atoms with Crippen LogP contribution >= 0.6 is 0 Å². The second-order valence-corrected chi connectivity index (χ2v) is 6.91. The van der Waals surface area contributed by atoms with E-state index in [0.717, 1.165) is 24.2 Å². The van der Waals surface area contributed by atoms with Crippen molar-refractivity contribution in [1.82, 2.24) is 9.97 Å². The highest BCUT2D eigenvalue weighted by molar-refractivity contribution is 5.90. The Hall–Kier alpha value is -1.95. The van der Waals surface area contributed by atoms with Gasteiger partial charge in [-0.15, -0.1) is 0 Å². The first-order chi connectivity index (χ1) is 11.0. The smallest absolute Gasteiger partial charge is 0.167 e. The summed E-state index contributed by atoms with van der Waals surface area (Å²) in [6.45, 7) is 5.24. The van der Waals surface area contributed by atoms with Crippen LogP contribution in [-0.4, -0.2) is 35.8 Å². The number of benzene rings is 1. The van der Waals surface area contributed by atoms with Crippen LogP contribution in [0.3, 0.4) is 0 Å². The number of hydrogen-bond donors (Lipinski definition) is 1. The second kappa shape index (κ2) is 5.03. The Morgan fingerprint density at radius 1 is 1.35 bits per heavy atom. The van der Waals surface area contributed by atoms with Crippen molar-refractivity contribution in [2.75, 3.05) is 19.0 Å². The van der Waals surface area contributed by atoms with Gasteiger partial charge in [-0.05, 0) is 12.5 Å². The number of methoxy groups -OCH3 is 1. The zero-order chi connectivity index (χ0) is 16.2. The Morgan fingerprint density at radius 3 is 2.96 bits per heavy atom. The minimum atomic E-state index is -0.419. The molecule has 2 fully saturated rings. The lowest BCUT2D eigenvalue weighted by Crippen LogP contribution is -2.63. The summed E-state index contributed by atoms with van der Waals surface area (Å²) in [6.07, 6.45) is 2.83. The van der Waals surface area contributed by atoms with Crippen LogP contribution in [0.1, 0.15) is 20.3 Å². The van der Waals surface area contributed by atoms with Gasteiger partial charge in [0.15, 0.2) is 11.6 Å². The fraction of sp³-hybridized carbons (Fsp3) is 0.529. The van der Waals surface area contributed by atoms with Crippen LogP contribution in [-0.2, 0) is 4.74 Å². The zero-order valence-corrected chi connectivity index (χ0v) is 13.5. The molecule has 5 nitrogen and oxygen atoms in total. The monoisotopic (exact) mass is 317 g/mol. The molecule has 1 saturated carbocycles. The zero-order valence-electron chi connectivity index (χ0n) is 13.5. The lowest BCUT2D eigenvalue weighted by Gasteiger charge is -2.54. The van der Waals surface area contributed by atoms with Crippen molar-refractivity contribution in [3.63, 3.8) is 0 Å². The Balaban J connectivity index is 1.72. The van der Waals surface area contributed by atoms with Gasteiger partial charge >= 0.3 is 0 Å². The van der Waals surface area contributed by atoms with Crippen molar-refractivity contribution in [2.45, 2.75) is 32.4 Å². The van der Waals surface area contributed by atoms with Crippen molar-refractivity contribution in [2.24, 2.45) is 11.3 Å². The van der Waals surface area contributed by atoms with E-state index in [1.165, 1.54) is 19.5 Å². The van der Waals surface area contributed by atoms with E-state index < -0.39 is 5.82 Å². The molecule has 2 heterocycles. The van der Waals surface area contributed by atoms with E-state index in [-0.39, 0.29) is 17.2 Å². The molecule has 23 heavy (non-hydrogen) atoms. The topological polar surface area (TPSA) is 56.3 Å². The number of nitrogens with one attached hydrogen (secondary N) is 1. The minimum absolute atomic E-state index is 0.0442. The number of nitrogens with zero attached hydrogens (tertiary/aromatic N) is 2. The average molecular weight is 317 g/mol. The Labute approximate surface area is 134 Å². The molecular formula is C17H20FN3O2. The SMILES string of the molecule is COc1cc2c(NC3C4CCOC4C3(C)C)ncnc2cc1F. The van der Waals surface area contributed by atoms with Gasteiger partial charge in [-0.25, -0.2) is 14.4 Å². The van der Waals surface area contributed by atoms with E-state index in [1.54, 1.807) is 6.07 Å². The predicted molar refractivity (Wildman–Crippen MR) is 85.1 cm³/mol. The molecule has 6 heteroatoms. The van der Waals surface area contributed by atoms with Gasteiger partial charge in [0.05, 0.1) is 18.7 Å². The first-order valence-corrected chi connectivity index (χ1v) is 7.88. The van der Waals surface area contributed by atoms with Crippen molar-refractivity contribution >= 4 is 16.7 Å². The van der Waals surface area contributed by atoms with Crippen LogP contribution in [0.2, 0.25) is 0 Å². The molecule has 0 amide bonds. The molecule has 1 N–H and O–H groups in total. The van der Waals surface area contributed by atoms with Crippen molar-refractivity contribution in [3.05, 3.63) is 24.3 Å². The lowest BCUT2D eigenvalue weighted by molar-refractivity contribution is -0.0923. The van der Waals surface area contributed by atoms with Crippen LogP contribution in [0, 0.1) is 17.2 Å². The van der Waals surface area contributed by atoms with Gasteiger partial charge in [0, 0.05) is 35.4 Å². The summed E-state index contributed by atoms with van der Waals surface area (Å²) >= 11 is 0. The molecule has 2 aliphatic rings. The van der Waals surface area contributed by atoms with Gasteiger partial charge in [0.2, 0.25) is 0 Å². The third kappa shape index (κ3) is 2.08. The third-order valence-electron chi connectivity index (χ3n) is 5.30. The number of anilines is 1. The van der Waals surface area contributed by atoms with Crippen LogP contribution in [0.15, 0.2) is 18.5 Å². The Kier molecular flexibility index (Phi) is 3.20. The fourth-order valence-electron chi connectivity index (χ4n) is 4.09. The molecule has 0 bridgehead atoms. The molecule has 4 rings (SSSR count). The lowest BCUT2D eigenvalue weighted by atomic mass is 9.57. The molecule has 1 aromatic carbocycles. The Bertz CT molecular complexity index is 765. The van der Waals surface area contributed by atoms with Crippen molar-refractivity contribution in [3.8, 4) is 5.75 Å². The summed E-state index contributed by atoms with van der Waals surface area (Å²) in [7, 11) is 1.46. The summed E-state index contributed by atoms with van der Waals surface area (Å²) in [5.41, 5.74) is 0.611. The molecule has 0 radical (unpaired) electrons. The first kappa shape index (κ1) is 14.6. The predicted octanol–water partition coefficient (Wildman–Crippen LogP) is 3.00. The third-order valence-corrected chi connectivity index (χ3v) is 5.30. The van der Waals surface area contributed by atoms with E-state index in [4.69, 9.17) is 9.47 Å². The summed E-state index contributed by atoms with van der Waals surface area (Å²) in [4.78, 5) is 8.53. The van der Waals surface area contributed by atoms with Gasteiger partial charge < -0.3 is 14.8 Å². The molecule has 0 spiro atoms. The van der Waals surface area contributed by atoms with Crippen LogP contribution < -0.4 is 10.1 Å². The van der Waals surface area contributed by atoms with Crippen LogP contribution in [0.25, 0.3) is 10.9 Å². The number of fused-ring (bicyclic) bond motifs is 2. The molecule has 3 unspecified atom stereocenters. The number of ether oxygens (including phenoxy) is 2. The number of hydrogen-bond acceptors (Lipinski definition) is 5. The normalized spacial score (nSPS) is 28.3. The average Bonchev–Trinajstić information content (AvgIpc) is 2.99. The molecule has 1 saturated heterocycles. The molecule has 1 aliphatic carbocycles. The van der Waals surface area contributed by atoms with Gasteiger partial charge in [-0.2, -0.15) is 0 Å². The van der Waals surface area contributed by atoms with Crippen LogP contribution in [0.4, 0.5) is 10.2 Å². The summed E-state index contributed by atoms with van der Waals surface area (Å²) in [6, 6.07) is 3.32. The van der Waals surface area contributed by atoms with E-state index in [0.29, 0.717) is 17.5 Å². The maximum Gasteiger partial charge on any atom is 0.167 e. The maximum atomic E-state index is 13.9. The molecule has 1 aliphatic heterocycles. The second-order valence-electron chi connectivity index (χ2n) is 6.91. The summed E-state index contributed by atoms with van der Waals surface area (Å²) in [5.74, 6) is 0.997. The van der Waals surface area contributed by atoms with E-state index >= 15 is 0 Å². The number of halogens is 1. The fourth-order valence-corrected chi connectivity index (χ4v) is 4.09. The molecule has 3 atom stereocenters. The van der Waals surface area contributed by atoms with Gasteiger partial charge in [0.1, 0.15) is 12.1 Å². The van der Waals surface area contributed by atoms with Crippen molar-refractivity contribution < 1.29 is 13.9 Å². The standard InChI is InChI=1S/C17H20FN3O2/c1-17(2)14(9-4-5-23-15(9)17)21-16-10-6-13(22-3)11(18)7-12(10)19-8-20-16/h6-9,14-15H,4-5H2,1-3H3,(H,19,20,21). The van der Waals surface area contributed by atoms with E-state index in [9.17, 15) is 4.39 Å². The van der Waals surface area contributed by atoms with Gasteiger partial charge in [-0.3, -0.25) is 0 Å². The van der Waals surface area contributed by atoms with E-state index in [2.05, 4.69) is 29.1 Å². The molecular weight excluding hydrogens is 297 g/mol. The summed E-state index contributed by atoms with van der Waals surface area (Å²) in [5, 5.41) is 4.31. The minimum Gasteiger partial charge on any atom is -0.494 e. The van der Waals surface area contributed by atoms with Crippen molar-refractivity contribution in [1.29, 1.82) is 0 Å². The number of aromatic nitrogens is 2. The first-order valence-electron chi connectivity index (χ1n) is 7.88. The number of rotatable bonds is 3. The highest BCUT2D eigenvalue weighted by Crippen LogP contribution is 2.53. The quantitative estimate of drug-likeness (QED) is 0.943. The van der Waals surface area contributed by atoms with Gasteiger partial charge in [0.25, 0.3) is 0 Å². The van der Waals surface area contributed by atoms with E-state index in [1.807, 2.05) is 0 Å². The van der Waals surface area contributed by atoms with Crippen LogP contribution in [0.5, 0.6) is 5.75 Å². The largest absolute Gasteiger partial charge is 0.494 e. The van der Waals surface area contributed by atoms with Gasteiger partial charge in [-0.1, -0.05) is 13.8 Å². The molecule has 122 valence electrons. The molecule has 1 aromatic heterocycles.